The Labute approximate surface area is 113 Å². The van der Waals surface area contributed by atoms with Crippen LogP contribution in [0.1, 0.15) is 16.1 Å². The van der Waals surface area contributed by atoms with Crippen LogP contribution in [0.2, 0.25) is 5.35 Å². The zero-order valence-electron chi connectivity index (χ0n) is 9.72. The van der Waals surface area contributed by atoms with Crippen LogP contribution in [0.15, 0.2) is 45.4 Å². The van der Waals surface area contributed by atoms with Gasteiger partial charge in [-0.3, -0.25) is 4.79 Å². The van der Waals surface area contributed by atoms with Crippen LogP contribution in [0.25, 0.3) is 11.1 Å². The molecule has 3 rings (SSSR count). The van der Waals surface area contributed by atoms with Gasteiger partial charge in [0.1, 0.15) is 11.3 Å². The molecule has 1 aromatic carbocycles. The number of hydrogen-bond donors (Lipinski definition) is 1. The molecule has 0 aliphatic heterocycles. The molecule has 0 unspecified atom stereocenters. The number of nitrogens with one attached hydrogen (secondary N) is 1. The van der Waals surface area contributed by atoms with E-state index in [-0.39, 0.29) is 11.3 Å². The predicted octanol–water partition coefficient (Wildman–Crippen LogP) is 3.00. The Bertz CT molecular complexity index is 719. The van der Waals surface area contributed by atoms with E-state index in [0.29, 0.717) is 29.0 Å². The number of carbonyl (C=O) groups excluding carboxylic acids is 1. The lowest BCUT2D eigenvalue weighted by atomic mass is 10.2. The highest BCUT2D eigenvalue weighted by atomic mass is 35.5. The van der Waals surface area contributed by atoms with Crippen molar-refractivity contribution >= 4 is 28.6 Å². The molecule has 0 bridgehead atoms. The van der Waals surface area contributed by atoms with E-state index < -0.39 is 0 Å². The standard InChI is InChI=1S/C13H9ClN2O3/c14-13-16-10-4-3-8(6-11(10)19-13)12(17)15-7-9-2-1-5-18-9/h1-6H,7H2,(H,15,17). The van der Waals surface area contributed by atoms with Crippen LogP contribution in [0.5, 0.6) is 0 Å². The first-order valence-electron chi connectivity index (χ1n) is 5.59. The molecule has 0 aliphatic carbocycles. The maximum atomic E-state index is 11.9. The SMILES string of the molecule is O=C(NCc1ccco1)c1ccc2nc(Cl)oc2c1. The van der Waals surface area contributed by atoms with E-state index in [1.807, 2.05) is 0 Å². The Morgan fingerprint density at radius 1 is 1.37 bits per heavy atom. The fourth-order valence-corrected chi connectivity index (χ4v) is 1.89. The summed E-state index contributed by atoms with van der Waals surface area (Å²) in [7, 11) is 0. The van der Waals surface area contributed by atoms with Crippen LogP contribution in [0.3, 0.4) is 0 Å². The fraction of sp³-hybridized carbons (Fsp3) is 0.0769. The average Bonchev–Trinajstić information content (AvgIpc) is 3.02. The molecule has 0 fully saturated rings. The van der Waals surface area contributed by atoms with Crippen LogP contribution >= 0.6 is 11.6 Å². The molecule has 6 heteroatoms. The second-order valence-corrected chi connectivity index (χ2v) is 4.23. The Hall–Kier alpha value is -2.27. The van der Waals surface area contributed by atoms with Gasteiger partial charge in [0.15, 0.2) is 5.58 Å². The number of furan rings is 1. The summed E-state index contributed by atoms with van der Waals surface area (Å²) in [6.45, 7) is 0.334. The first-order valence-corrected chi connectivity index (χ1v) is 5.97. The summed E-state index contributed by atoms with van der Waals surface area (Å²) < 4.78 is 10.3. The summed E-state index contributed by atoms with van der Waals surface area (Å²) in [6, 6.07) is 8.51. The van der Waals surface area contributed by atoms with Crippen molar-refractivity contribution in [3.8, 4) is 0 Å². The summed E-state index contributed by atoms with van der Waals surface area (Å²) >= 11 is 5.65. The van der Waals surface area contributed by atoms with Gasteiger partial charge in [-0.15, -0.1) is 0 Å². The number of hydrogen-bond acceptors (Lipinski definition) is 4. The normalized spacial score (nSPS) is 10.8. The van der Waals surface area contributed by atoms with Gasteiger partial charge < -0.3 is 14.2 Å². The molecule has 1 N–H and O–H groups in total. The number of carbonyl (C=O) groups is 1. The minimum atomic E-state index is -0.217. The monoisotopic (exact) mass is 276 g/mol. The Balaban J connectivity index is 1.77. The molecule has 0 aliphatic rings. The Morgan fingerprint density at radius 3 is 3.05 bits per heavy atom. The van der Waals surface area contributed by atoms with Crippen molar-refractivity contribution in [3.63, 3.8) is 0 Å². The average molecular weight is 277 g/mol. The number of aromatic nitrogens is 1. The quantitative estimate of drug-likeness (QED) is 0.798. The van der Waals surface area contributed by atoms with Crippen LogP contribution in [-0.4, -0.2) is 10.9 Å². The molecule has 0 saturated heterocycles. The summed E-state index contributed by atoms with van der Waals surface area (Å²) in [5, 5.41) is 2.80. The molecule has 0 spiro atoms. The van der Waals surface area contributed by atoms with Crippen molar-refractivity contribution in [1.29, 1.82) is 0 Å². The molecular formula is C13H9ClN2O3. The summed E-state index contributed by atoms with van der Waals surface area (Å²) in [5.41, 5.74) is 1.58. The van der Waals surface area contributed by atoms with Crippen molar-refractivity contribution in [1.82, 2.24) is 10.3 Å². The summed E-state index contributed by atoms with van der Waals surface area (Å²) in [4.78, 5) is 15.9. The van der Waals surface area contributed by atoms with E-state index in [0.717, 1.165) is 0 Å². The minimum absolute atomic E-state index is 0.0585. The lowest BCUT2D eigenvalue weighted by Crippen LogP contribution is -2.22. The Kier molecular flexibility index (Phi) is 2.97. The molecule has 5 nitrogen and oxygen atoms in total. The third-order valence-corrected chi connectivity index (χ3v) is 2.79. The van der Waals surface area contributed by atoms with E-state index in [2.05, 4.69) is 10.3 Å². The predicted molar refractivity (Wildman–Crippen MR) is 68.9 cm³/mol. The first kappa shape index (κ1) is 11.8. The lowest BCUT2D eigenvalue weighted by molar-refractivity contribution is 0.0948. The first-order chi connectivity index (χ1) is 9.22. The van der Waals surface area contributed by atoms with Gasteiger partial charge in [-0.2, -0.15) is 4.98 Å². The van der Waals surface area contributed by atoms with Gasteiger partial charge >= 0.3 is 0 Å². The van der Waals surface area contributed by atoms with Gasteiger partial charge in [0.05, 0.1) is 12.8 Å². The van der Waals surface area contributed by atoms with Crippen molar-refractivity contribution < 1.29 is 13.6 Å². The van der Waals surface area contributed by atoms with E-state index in [1.54, 1.807) is 36.6 Å². The molecule has 2 aromatic heterocycles. The smallest absolute Gasteiger partial charge is 0.293 e. The van der Waals surface area contributed by atoms with Crippen molar-refractivity contribution in [2.75, 3.05) is 0 Å². The fourth-order valence-electron chi connectivity index (χ4n) is 1.72. The molecule has 0 radical (unpaired) electrons. The number of amides is 1. The van der Waals surface area contributed by atoms with Gasteiger partial charge in [-0.1, -0.05) is 0 Å². The van der Waals surface area contributed by atoms with E-state index >= 15 is 0 Å². The molecule has 0 saturated carbocycles. The largest absolute Gasteiger partial charge is 0.467 e. The van der Waals surface area contributed by atoms with Gasteiger partial charge in [0, 0.05) is 5.56 Å². The topological polar surface area (TPSA) is 68.3 Å². The number of fused-ring (bicyclic) bond motifs is 1. The maximum absolute atomic E-state index is 11.9. The lowest BCUT2D eigenvalue weighted by Gasteiger charge is -2.02. The third kappa shape index (κ3) is 2.46. The number of halogens is 1. The second kappa shape index (κ2) is 4.78. The molecule has 96 valence electrons. The number of benzene rings is 1. The number of rotatable bonds is 3. The van der Waals surface area contributed by atoms with Gasteiger partial charge in [-0.25, -0.2) is 0 Å². The van der Waals surface area contributed by atoms with Crippen molar-refractivity contribution in [3.05, 3.63) is 53.3 Å². The summed E-state index contributed by atoms with van der Waals surface area (Å²) in [6.07, 6.45) is 1.56. The van der Waals surface area contributed by atoms with Gasteiger partial charge in [-0.05, 0) is 41.9 Å². The molecular weight excluding hydrogens is 268 g/mol. The molecule has 19 heavy (non-hydrogen) atoms. The highest BCUT2D eigenvalue weighted by Gasteiger charge is 2.10. The highest BCUT2D eigenvalue weighted by Crippen LogP contribution is 2.20. The molecule has 3 aromatic rings. The van der Waals surface area contributed by atoms with Crippen molar-refractivity contribution in [2.45, 2.75) is 6.54 Å². The zero-order valence-corrected chi connectivity index (χ0v) is 10.5. The maximum Gasteiger partial charge on any atom is 0.293 e. The van der Waals surface area contributed by atoms with Crippen molar-refractivity contribution in [2.24, 2.45) is 0 Å². The minimum Gasteiger partial charge on any atom is -0.467 e. The molecule has 2 heterocycles. The summed E-state index contributed by atoms with van der Waals surface area (Å²) in [5.74, 6) is 0.475. The number of oxazole rings is 1. The van der Waals surface area contributed by atoms with E-state index in [4.69, 9.17) is 20.4 Å². The third-order valence-electron chi connectivity index (χ3n) is 2.63. The molecule has 1 amide bonds. The number of nitrogens with zero attached hydrogens (tertiary/aromatic N) is 1. The van der Waals surface area contributed by atoms with Gasteiger partial charge in [0.25, 0.3) is 11.3 Å². The molecule has 0 atom stereocenters. The van der Waals surface area contributed by atoms with Crippen LogP contribution in [-0.2, 0) is 6.54 Å². The van der Waals surface area contributed by atoms with E-state index in [1.165, 1.54) is 0 Å². The van der Waals surface area contributed by atoms with Crippen LogP contribution in [0.4, 0.5) is 0 Å². The zero-order chi connectivity index (χ0) is 13.2. The highest BCUT2D eigenvalue weighted by molar-refractivity contribution is 6.28. The van der Waals surface area contributed by atoms with Crippen LogP contribution < -0.4 is 5.32 Å². The second-order valence-electron chi connectivity index (χ2n) is 3.91. The van der Waals surface area contributed by atoms with E-state index in [9.17, 15) is 4.79 Å². The Morgan fingerprint density at radius 2 is 2.26 bits per heavy atom. The van der Waals surface area contributed by atoms with Crippen LogP contribution in [0, 0.1) is 0 Å². The van der Waals surface area contributed by atoms with Gasteiger partial charge in [0.2, 0.25) is 0 Å².